The van der Waals surface area contributed by atoms with Crippen LogP contribution in [-0.4, -0.2) is 36.0 Å². The second-order valence-corrected chi connectivity index (χ2v) is 7.40. The maximum atomic E-state index is 12.0. The van der Waals surface area contributed by atoms with Crippen molar-refractivity contribution < 1.29 is 4.79 Å². The molecule has 8 heteroatoms. The lowest BCUT2D eigenvalue weighted by Crippen LogP contribution is -2.17. The number of aromatic nitrogens is 6. The summed E-state index contributed by atoms with van der Waals surface area (Å²) in [5, 5.41) is 11.1. The van der Waals surface area contributed by atoms with Crippen LogP contribution in [0.15, 0.2) is 55.0 Å². The van der Waals surface area contributed by atoms with Gasteiger partial charge in [-0.3, -0.25) is 14.9 Å². The monoisotopic (exact) mass is 397 g/mol. The van der Waals surface area contributed by atoms with Crippen LogP contribution in [0.25, 0.3) is 44.7 Å². The summed E-state index contributed by atoms with van der Waals surface area (Å²) in [7, 11) is 0. The van der Waals surface area contributed by atoms with Gasteiger partial charge in [-0.1, -0.05) is 26.0 Å². The zero-order valence-corrected chi connectivity index (χ0v) is 16.5. The molecule has 5 aromatic rings. The largest absolute Gasteiger partial charge is 0.337 e. The Hall–Kier alpha value is -4.07. The lowest BCUT2D eigenvalue weighted by atomic mass is 10.1. The van der Waals surface area contributed by atoms with E-state index in [4.69, 9.17) is 0 Å². The molecule has 0 fully saturated rings. The predicted molar refractivity (Wildman–Crippen MR) is 116 cm³/mol. The Labute approximate surface area is 171 Å². The standard InChI is InChI=1S/C22H19N7O/c1-12(2)22(30)25-15-7-13(9-23-11-15)14-8-16-19(28-29-20(16)24-10-14)21-26-17-5-3-4-6-18(17)27-21/h3-12H,1-2H3,(H,25,30)(H,26,27)(H,24,28,29). The van der Waals surface area contributed by atoms with Gasteiger partial charge in [0.15, 0.2) is 11.5 Å². The number of benzene rings is 1. The number of hydrogen-bond donors (Lipinski definition) is 3. The SMILES string of the molecule is CC(C)C(=O)Nc1cncc(-c2cnc3n[nH]c(-c4nc5ccccc5[nH]4)c3c2)c1. The Morgan fingerprint density at radius 2 is 1.90 bits per heavy atom. The van der Waals surface area contributed by atoms with E-state index in [1.807, 2.05) is 50.2 Å². The number of para-hydroxylation sites is 2. The van der Waals surface area contributed by atoms with E-state index >= 15 is 0 Å². The van der Waals surface area contributed by atoms with Crippen molar-refractivity contribution in [2.75, 3.05) is 5.32 Å². The van der Waals surface area contributed by atoms with E-state index in [1.54, 1.807) is 18.6 Å². The summed E-state index contributed by atoms with van der Waals surface area (Å²) in [4.78, 5) is 28.7. The molecule has 0 saturated heterocycles. The molecule has 1 amide bonds. The van der Waals surface area contributed by atoms with Crippen LogP contribution in [0, 0.1) is 5.92 Å². The van der Waals surface area contributed by atoms with E-state index in [9.17, 15) is 4.79 Å². The highest BCUT2D eigenvalue weighted by molar-refractivity contribution is 5.95. The van der Waals surface area contributed by atoms with E-state index < -0.39 is 0 Å². The van der Waals surface area contributed by atoms with Gasteiger partial charge < -0.3 is 10.3 Å². The highest BCUT2D eigenvalue weighted by Crippen LogP contribution is 2.29. The van der Waals surface area contributed by atoms with Gasteiger partial charge in [-0.15, -0.1) is 0 Å². The summed E-state index contributed by atoms with van der Waals surface area (Å²) in [6, 6.07) is 11.7. The Bertz CT molecular complexity index is 1350. The Morgan fingerprint density at radius 1 is 1.07 bits per heavy atom. The molecule has 0 aliphatic heterocycles. The summed E-state index contributed by atoms with van der Waals surface area (Å²) in [6.07, 6.45) is 5.12. The normalized spacial score (nSPS) is 11.4. The number of H-pyrrole nitrogens is 2. The van der Waals surface area contributed by atoms with Crippen LogP contribution >= 0.6 is 0 Å². The molecule has 0 atom stereocenters. The van der Waals surface area contributed by atoms with Gasteiger partial charge in [0.25, 0.3) is 0 Å². The number of imidazole rings is 1. The molecule has 3 N–H and O–H groups in total. The molecular formula is C22H19N7O. The molecule has 1 aromatic carbocycles. The van der Waals surface area contributed by atoms with Crippen molar-refractivity contribution in [3.05, 3.63) is 55.0 Å². The van der Waals surface area contributed by atoms with E-state index in [0.717, 1.165) is 33.2 Å². The van der Waals surface area contributed by atoms with Crippen LogP contribution in [-0.2, 0) is 4.79 Å². The maximum absolute atomic E-state index is 12.0. The molecule has 4 aromatic heterocycles. The summed E-state index contributed by atoms with van der Waals surface area (Å²) in [5.41, 5.74) is 5.58. The van der Waals surface area contributed by atoms with Crippen molar-refractivity contribution >= 4 is 33.7 Å². The first-order chi connectivity index (χ1) is 14.6. The molecule has 30 heavy (non-hydrogen) atoms. The van der Waals surface area contributed by atoms with Crippen molar-refractivity contribution in [2.45, 2.75) is 13.8 Å². The summed E-state index contributed by atoms with van der Waals surface area (Å²) in [5.74, 6) is 0.544. The Kier molecular flexibility index (Phi) is 4.24. The Balaban J connectivity index is 1.55. The van der Waals surface area contributed by atoms with Gasteiger partial charge in [-0.2, -0.15) is 5.10 Å². The van der Waals surface area contributed by atoms with Crippen molar-refractivity contribution in [1.82, 2.24) is 30.1 Å². The third kappa shape index (κ3) is 3.18. The van der Waals surface area contributed by atoms with Crippen LogP contribution < -0.4 is 5.32 Å². The van der Waals surface area contributed by atoms with Gasteiger partial charge in [0.2, 0.25) is 5.91 Å². The first-order valence-corrected chi connectivity index (χ1v) is 9.64. The molecule has 0 radical (unpaired) electrons. The van der Waals surface area contributed by atoms with Gasteiger partial charge in [0.1, 0.15) is 5.69 Å². The predicted octanol–water partition coefficient (Wildman–Crippen LogP) is 4.16. The number of anilines is 1. The van der Waals surface area contributed by atoms with E-state index in [-0.39, 0.29) is 11.8 Å². The van der Waals surface area contributed by atoms with E-state index in [2.05, 4.69) is 35.5 Å². The fraction of sp³-hybridized carbons (Fsp3) is 0.136. The zero-order chi connectivity index (χ0) is 20.7. The number of aromatic amines is 2. The number of nitrogens with one attached hydrogen (secondary N) is 3. The molecule has 4 heterocycles. The van der Waals surface area contributed by atoms with Crippen molar-refractivity contribution in [3.63, 3.8) is 0 Å². The molecule has 8 nitrogen and oxygen atoms in total. The van der Waals surface area contributed by atoms with Crippen LogP contribution in [0.3, 0.4) is 0 Å². The number of hydrogen-bond acceptors (Lipinski definition) is 5. The molecular weight excluding hydrogens is 378 g/mol. The minimum absolute atomic E-state index is 0.0514. The number of carbonyl (C=O) groups is 1. The Morgan fingerprint density at radius 3 is 2.73 bits per heavy atom. The highest BCUT2D eigenvalue weighted by Gasteiger charge is 2.14. The lowest BCUT2D eigenvalue weighted by Gasteiger charge is -2.09. The minimum atomic E-state index is -0.107. The van der Waals surface area contributed by atoms with Crippen LogP contribution in [0.1, 0.15) is 13.8 Å². The van der Waals surface area contributed by atoms with Crippen LogP contribution in [0.2, 0.25) is 0 Å². The molecule has 0 saturated carbocycles. The van der Waals surface area contributed by atoms with Crippen LogP contribution in [0.5, 0.6) is 0 Å². The maximum Gasteiger partial charge on any atom is 0.226 e. The fourth-order valence-electron chi connectivity index (χ4n) is 3.26. The minimum Gasteiger partial charge on any atom is -0.337 e. The number of amides is 1. The number of pyridine rings is 2. The van der Waals surface area contributed by atoms with Gasteiger partial charge >= 0.3 is 0 Å². The zero-order valence-electron chi connectivity index (χ0n) is 16.5. The average molecular weight is 397 g/mol. The fourth-order valence-corrected chi connectivity index (χ4v) is 3.26. The van der Waals surface area contributed by atoms with Gasteiger partial charge in [0, 0.05) is 29.4 Å². The number of carbonyl (C=O) groups excluding carboxylic acids is 1. The van der Waals surface area contributed by atoms with Crippen LogP contribution in [0.4, 0.5) is 5.69 Å². The molecule has 0 unspecified atom stereocenters. The number of fused-ring (bicyclic) bond motifs is 2. The smallest absolute Gasteiger partial charge is 0.226 e. The van der Waals surface area contributed by atoms with Crippen molar-refractivity contribution in [2.24, 2.45) is 5.92 Å². The molecule has 5 rings (SSSR count). The summed E-state index contributed by atoms with van der Waals surface area (Å²) < 4.78 is 0. The topological polar surface area (TPSA) is 112 Å². The molecule has 0 bridgehead atoms. The quantitative estimate of drug-likeness (QED) is 0.422. The molecule has 0 spiro atoms. The first kappa shape index (κ1) is 18.0. The molecule has 0 aliphatic carbocycles. The second-order valence-electron chi connectivity index (χ2n) is 7.40. The van der Waals surface area contributed by atoms with E-state index in [0.29, 0.717) is 17.2 Å². The van der Waals surface area contributed by atoms with Crippen molar-refractivity contribution in [1.29, 1.82) is 0 Å². The van der Waals surface area contributed by atoms with Crippen molar-refractivity contribution in [3.8, 4) is 22.6 Å². The number of nitrogens with zero attached hydrogens (tertiary/aromatic N) is 4. The second kappa shape index (κ2) is 7.07. The van der Waals surface area contributed by atoms with E-state index in [1.165, 1.54) is 0 Å². The highest BCUT2D eigenvalue weighted by atomic mass is 16.1. The van der Waals surface area contributed by atoms with Gasteiger partial charge in [0.05, 0.1) is 28.3 Å². The third-order valence-corrected chi connectivity index (χ3v) is 4.90. The first-order valence-electron chi connectivity index (χ1n) is 9.64. The lowest BCUT2D eigenvalue weighted by molar-refractivity contribution is -0.118. The average Bonchev–Trinajstić information content (AvgIpc) is 3.37. The summed E-state index contributed by atoms with van der Waals surface area (Å²) in [6.45, 7) is 3.70. The van der Waals surface area contributed by atoms with Gasteiger partial charge in [-0.25, -0.2) is 9.97 Å². The third-order valence-electron chi connectivity index (χ3n) is 4.90. The summed E-state index contributed by atoms with van der Waals surface area (Å²) >= 11 is 0. The molecule has 0 aliphatic rings. The van der Waals surface area contributed by atoms with Gasteiger partial charge in [-0.05, 0) is 24.3 Å². The molecule has 148 valence electrons. The number of rotatable bonds is 4.